The number of nitrogens with zero attached hydrogens (tertiary/aromatic N) is 4. The van der Waals surface area contributed by atoms with E-state index in [-0.39, 0.29) is 6.10 Å². The molecule has 0 atom stereocenters. The standard InChI is InChI=1S/C21H23IN4OS/c1-14-24-25-21(26(14)18-11-8-16(22)13-19(18)28-2)15-6-9-17(10-7-15)27-20-5-3-4-12-23-20/h3-5,8,11-13,15,17H,6-7,9-10H2,1-2H3. The van der Waals surface area contributed by atoms with Gasteiger partial charge >= 0.3 is 0 Å². The highest BCUT2D eigenvalue weighted by atomic mass is 127. The Morgan fingerprint density at radius 2 is 1.93 bits per heavy atom. The van der Waals surface area contributed by atoms with E-state index < -0.39 is 0 Å². The van der Waals surface area contributed by atoms with Crippen LogP contribution in [0, 0.1) is 10.5 Å². The molecule has 1 aliphatic rings. The van der Waals surface area contributed by atoms with Crippen molar-refractivity contribution < 1.29 is 4.74 Å². The van der Waals surface area contributed by atoms with Crippen molar-refractivity contribution in [2.24, 2.45) is 0 Å². The fourth-order valence-electron chi connectivity index (χ4n) is 3.80. The van der Waals surface area contributed by atoms with Gasteiger partial charge in [-0.25, -0.2) is 4.98 Å². The predicted molar refractivity (Wildman–Crippen MR) is 120 cm³/mol. The van der Waals surface area contributed by atoms with Gasteiger partial charge < -0.3 is 4.74 Å². The first-order chi connectivity index (χ1) is 13.7. The Hall–Kier alpha value is -1.61. The number of benzene rings is 1. The molecule has 0 spiro atoms. The number of ether oxygens (including phenoxy) is 1. The Labute approximate surface area is 183 Å². The first-order valence-corrected chi connectivity index (χ1v) is 11.8. The van der Waals surface area contributed by atoms with Crippen molar-refractivity contribution in [1.29, 1.82) is 0 Å². The number of hydrogen-bond donors (Lipinski definition) is 0. The number of rotatable bonds is 5. The second-order valence-corrected chi connectivity index (χ2v) is 9.11. The molecule has 0 unspecified atom stereocenters. The van der Waals surface area contributed by atoms with E-state index in [1.54, 1.807) is 18.0 Å². The smallest absolute Gasteiger partial charge is 0.213 e. The summed E-state index contributed by atoms with van der Waals surface area (Å²) < 4.78 is 9.53. The highest BCUT2D eigenvalue weighted by molar-refractivity contribution is 14.1. The van der Waals surface area contributed by atoms with E-state index in [9.17, 15) is 0 Å². The molecule has 0 amide bonds. The molecule has 7 heteroatoms. The van der Waals surface area contributed by atoms with E-state index in [2.05, 4.69) is 66.8 Å². The van der Waals surface area contributed by atoms with E-state index in [4.69, 9.17) is 4.74 Å². The normalized spacial score (nSPS) is 19.5. The average molecular weight is 506 g/mol. The average Bonchev–Trinajstić information content (AvgIpc) is 3.10. The van der Waals surface area contributed by atoms with Gasteiger partial charge in [0.05, 0.1) is 5.69 Å². The van der Waals surface area contributed by atoms with Crippen LogP contribution in [0.5, 0.6) is 5.88 Å². The van der Waals surface area contributed by atoms with Gasteiger partial charge in [-0.3, -0.25) is 4.57 Å². The molecule has 5 nitrogen and oxygen atoms in total. The summed E-state index contributed by atoms with van der Waals surface area (Å²) >= 11 is 4.13. The molecule has 0 N–H and O–H groups in total. The second-order valence-electron chi connectivity index (χ2n) is 7.02. The summed E-state index contributed by atoms with van der Waals surface area (Å²) in [5.41, 5.74) is 1.18. The molecular weight excluding hydrogens is 483 g/mol. The topological polar surface area (TPSA) is 52.8 Å². The molecule has 0 radical (unpaired) electrons. The zero-order chi connectivity index (χ0) is 19.5. The van der Waals surface area contributed by atoms with Gasteiger partial charge in [0.15, 0.2) is 0 Å². The zero-order valence-electron chi connectivity index (χ0n) is 16.0. The molecule has 0 saturated heterocycles. The van der Waals surface area contributed by atoms with Gasteiger partial charge in [-0.1, -0.05) is 6.07 Å². The fraction of sp³-hybridized carbons (Fsp3) is 0.381. The molecule has 1 fully saturated rings. The lowest BCUT2D eigenvalue weighted by Crippen LogP contribution is -2.25. The predicted octanol–water partition coefficient (Wildman–Crippen LogP) is 5.40. The van der Waals surface area contributed by atoms with Gasteiger partial charge in [-0.2, -0.15) is 0 Å². The summed E-state index contributed by atoms with van der Waals surface area (Å²) in [5.74, 6) is 3.14. The number of halogens is 1. The molecule has 1 aromatic carbocycles. The fourth-order valence-corrected chi connectivity index (χ4v) is 5.12. The third-order valence-corrected chi connectivity index (χ3v) is 6.63. The van der Waals surface area contributed by atoms with Crippen LogP contribution in [-0.2, 0) is 0 Å². The number of aryl methyl sites for hydroxylation is 1. The number of thioether (sulfide) groups is 1. The van der Waals surface area contributed by atoms with Crippen LogP contribution < -0.4 is 4.74 Å². The number of pyridine rings is 1. The molecule has 0 bridgehead atoms. The molecule has 1 aliphatic carbocycles. The number of hydrogen-bond acceptors (Lipinski definition) is 5. The molecule has 1 saturated carbocycles. The molecular formula is C21H23IN4OS. The molecule has 146 valence electrons. The molecule has 2 heterocycles. The van der Waals surface area contributed by atoms with Crippen molar-refractivity contribution in [2.75, 3.05) is 6.26 Å². The van der Waals surface area contributed by atoms with Crippen molar-refractivity contribution in [1.82, 2.24) is 19.7 Å². The minimum atomic E-state index is 0.226. The maximum atomic E-state index is 6.05. The lowest BCUT2D eigenvalue weighted by molar-refractivity contribution is 0.139. The van der Waals surface area contributed by atoms with Gasteiger partial charge in [0.2, 0.25) is 5.88 Å². The van der Waals surface area contributed by atoms with E-state index >= 15 is 0 Å². The molecule has 4 rings (SSSR count). The lowest BCUT2D eigenvalue weighted by atomic mass is 9.86. The first-order valence-electron chi connectivity index (χ1n) is 9.49. The third-order valence-electron chi connectivity index (χ3n) is 5.20. The summed E-state index contributed by atoms with van der Waals surface area (Å²) in [6.07, 6.45) is 8.24. The van der Waals surface area contributed by atoms with Crippen LogP contribution in [0.4, 0.5) is 0 Å². The van der Waals surface area contributed by atoms with Crippen molar-refractivity contribution in [2.45, 2.75) is 49.5 Å². The van der Waals surface area contributed by atoms with Crippen molar-refractivity contribution in [3.05, 3.63) is 57.8 Å². The van der Waals surface area contributed by atoms with Crippen LogP contribution in [-0.4, -0.2) is 32.1 Å². The van der Waals surface area contributed by atoms with E-state index in [0.717, 1.165) is 37.3 Å². The Morgan fingerprint density at radius 1 is 1.11 bits per heavy atom. The van der Waals surface area contributed by atoms with Crippen LogP contribution in [0.2, 0.25) is 0 Å². The SMILES string of the molecule is CSc1cc(I)ccc1-n1c(C)nnc1C1CCC(Oc2ccccn2)CC1. The van der Waals surface area contributed by atoms with Crippen molar-refractivity contribution in [3.63, 3.8) is 0 Å². The summed E-state index contributed by atoms with van der Waals surface area (Å²) in [5, 5.41) is 8.98. The van der Waals surface area contributed by atoms with Crippen molar-refractivity contribution >= 4 is 34.4 Å². The van der Waals surface area contributed by atoms with E-state index in [1.807, 2.05) is 25.1 Å². The quantitative estimate of drug-likeness (QED) is 0.343. The Kier molecular flexibility index (Phi) is 6.20. The van der Waals surface area contributed by atoms with E-state index in [0.29, 0.717) is 11.8 Å². The highest BCUT2D eigenvalue weighted by Crippen LogP contribution is 2.36. The Balaban J connectivity index is 1.53. The third kappa shape index (κ3) is 4.20. The van der Waals surface area contributed by atoms with Gasteiger partial charge in [0.1, 0.15) is 17.8 Å². The summed E-state index contributed by atoms with van der Waals surface area (Å²) in [6.45, 7) is 2.04. The molecule has 28 heavy (non-hydrogen) atoms. The zero-order valence-corrected chi connectivity index (χ0v) is 19.0. The maximum Gasteiger partial charge on any atom is 0.213 e. The number of aromatic nitrogens is 4. The second kappa shape index (κ2) is 8.82. The highest BCUT2D eigenvalue weighted by Gasteiger charge is 2.28. The first kappa shape index (κ1) is 19.7. The Bertz CT molecular complexity index is 939. The molecule has 2 aromatic heterocycles. The van der Waals surface area contributed by atoms with Crippen LogP contribution in [0.25, 0.3) is 5.69 Å². The van der Waals surface area contributed by atoms with Gasteiger partial charge in [-0.05, 0) is 85.7 Å². The van der Waals surface area contributed by atoms with Crippen LogP contribution >= 0.6 is 34.4 Å². The van der Waals surface area contributed by atoms with Crippen LogP contribution in [0.3, 0.4) is 0 Å². The summed E-state index contributed by atoms with van der Waals surface area (Å²) in [6, 6.07) is 12.4. The minimum Gasteiger partial charge on any atom is -0.474 e. The summed E-state index contributed by atoms with van der Waals surface area (Å²) in [7, 11) is 0. The summed E-state index contributed by atoms with van der Waals surface area (Å²) in [4.78, 5) is 5.53. The van der Waals surface area contributed by atoms with Crippen molar-refractivity contribution in [3.8, 4) is 11.6 Å². The minimum absolute atomic E-state index is 0.226. The van der Waals surface area contributed by atoms with Crippen LogP contribution in [0.15, 0.2) is 47.5 Å². The molecule has 3 aromatic rings. The van der Waals surface area contributed by atoms with E-state index in [1.165, 1.54) is 14.2 Å². The van der Waals surface area contributed by atoms with Gasteiger partial charge in [0.25, 0.3) is 0 Å². The van der Waals surface area contributed by atoms with Gasteiger partial charge in [0, 0.05) is 26.6 Å². The van der Waals surface area contributed by atoms with Crippen LogP contribution in [0.1, 0.15) is 43.3 Å². The maximum absolute atomic E-state index is 6.05. The molecule has 0 aliphatic heterocycles. The largest absolute Gasteiger partial charge is 0.474 e. The lowest BCUT2D eigenvalue weighted by Gasteiger charge is -2.28. The Morgan fingerprint density at radius 3 is 2.64 bits per heavy atom. The van der Waals surface area contributed by atoms with Gasteiger partial charge in [-0.15, -0.1) is 22.0 Å². The monoisotopic (exact) mass is 506 g/mol.